The fraction of sp³-hybridized carbons (Fsp3) is 0.304. The van der Waals surface area contributed by atoms with Gasteiger partial charge in [0.1, 0.15) is 11.5 Å². The second kappa shape index (κ2) is 9.38. The molecule has 0 bridgehead atoms. The van der Waals surface area contributed by atoms with Crippen LogP contribution < -0.4 is 5.32 Å². The summed E-state index contributed by atoms with van der Waals surface area (Å²) in [6.07, 6.45) is 0.412. The van der Waals surface area contributed by atoms with Gasteiger partial charge in [-0.3, -0.25) is 19.9 Å². The first-order chi connectivity index (χ1) is 15.7. The maximum Gasteiger partial charge on any atom is 0.417 e. The van der Waals surface area contributed by atoms with E-state index >= 15 is 0 Å². The van der Waals surface area contributed by atoms with Gasteiger partial charge in [0.05, 0.1) is 5.56 Å². The number of thiazole rings is 1. The number of halogens is 4. The maximum atomic E-state index is 13.6. The summed E-state index contributed by atoms with van der Waals surface area (Å²) in [5, 5.41) is 4.87. The molecule has 0 aliphatic heterocycles. The van der Waals surface area contributed by atoms with Crippen LogP contribution in [0.2, 0.25) is 0 Å². The predicted octanol–water partition coefficient (Wildman–Crippen LogP) is 6.11. The van der Waals surface area contributed by atoms with Crippen molar-refractivity contribution in [2.45, 2.75) is 37.8 Å². The summed E-state index contributed by atoms with van der Waals surface area (Å²) in [6.45, 7) is 0. The zero-order valence-corrected chi connectivity index (χ0v) is 18.0. The minimum absolute atomic E-state index is 0.0761. The number of pyridine rings is 1. The molecular formula is C23H19F4N3O2S. The Morgan fingerprint density at radius 3 is 2.39 bits per heavy atom. The van der Waals surface area contributed by atoms with E-state index in [2.05, 4.69) is 15.3 Å². The lowest BCUT2D eigenvalue weighted by Crippen LogP contribution is -2.24. The summed E-state index contributed by atoms with van der Waals surface area (Å²) in [7, 11) is 0. The van der Waals surface area contributed by atoms with Crippen molar-refractivity contribution in [2.75, 3.05) is 5.32 Å². The van der Waals surface area contributed by atoms with Crippen molar-refractivity contribution < 1.29 is 27.2 Å². The lowest BCUT2D eigenvalue weighted by molar-refractivity contribution is -0.138. The lowest BCUT2D eigenvalue weighted by Gasteiger charge is -2.28. The highest BCUT2D eigenvalue weighted by atomic mass is 32.1. The van der Waals surface area contributed by atoms with E-state index in [1.165, 1.54) is 11.3 Å². The average Bonchev–Trinajstić information content (AvgIpc) is 3.31. The summed E-state index contributed by atoms with van der Waals surface area (Å²) in [4.78, 5) is 33.2. The van der Waals surface area contributed by atoms with Gasteiger partial charge in [-0.2, -0.15) is 13.2 Å². The van der Waals surface area contributed by atoms with Gasteiger partial charge in [0.25, 0.3) is 5.91 Å². The summed E-state index contributed by atoms with van der Waals surface area (Å²) in [5.41, 5.74) is -0.577. The third-order valence-electron chi connectivity index (χ3n) is 5.79. The molecule has 0 unspecified atom stereocenters. The summed E-state index contributed by atoms with van der Waals surface area (Å²) in [6, 6.07) is 5.41. The highest BCUT2D eigenvalue weighted by molar-refractivity contribution is 7.13. The predicted molar refractivity (Wildman–Crippen MR) is 115 cm³/mol. The maximum absolute atomic E-state index is 13.6. The monoisotopic (exact) mass is 477 g/mol. The zero-order chi connectivity index (χ0) is 23.6. The minimum Gasteiger partial charge on any atom is -0.296 e. The second-order valence-corrected chi connectivity index (χ2v) is 8.76. The van der Waals surface area contributed by atoms with Crippen molar-refractivity contribution in [1.82, 2.24) is 9.97 Å². The largest absolute Gasteiger partial charge is 0.417 e. The molecule has 0 saturated heterocycles. The highest BCUT2D eigenvalue weighted by Gasteiger charge is 2.37. The van der Waals surface area contributed by atoms with Gasteiger partial charge in [0.15, 0.2) is 10.9 Å². The number of hydrogen-bond donors (Lipinski definition) is 1. The Labute approximate surface area is 190 Å². The van der Waals surface area contributed by atoms with E-state index in [1.807, 2.05) is 0 Å². The number of amides is 1. The van der Waals surface area contributed by atoms with Gasteiger partial charge in [-0.15, -0.1) is 11.3 Å². The average molecular weight is 477 g/mol. The van der Waals surface area contributed by atoms with E-state index in [-0.39, 0.29) is 17.5 Å². The molecule has 172 valence electrons. The fourth-order valence-electron chi connectivity index (χ4n) is 4.10. The van der Waals surface area contributed by atoms with Gasteiger partial charge < -0.3 is 0 Å². The quantitative estimate of drug-likeness (QED) is 0.356. The van der Waals surface area contributed by atoms with Crippen molar-refractivity contribution in [3.05, 3.63) is 76.3 Å². The van der Waals surface area contributed by atoms with Crippen molar-refractivity contribution >= 4 is 28.2 Å². The Hall–Kier alpha value is -3.14. The number of benzene rings is 1. The Morgan fingerprint density at radius 2 is 1.79 bits per heavy atom. The first-order valence-electron chi connectivity index (χ1n) is 10.3. The van der Waals surface area contributed by atoms with E-state index < -0.39 is 34.8 Å². The number of carbonyl (C=O) groups excluding carboxylic acids is 2. The van der Waals surface area contributed by atoms with E-state index in [9.17, 15) is 27.2 Å². The first kappa shape index (κ1) is 23.0. The number of hydrogen-bond acceptors (Lipinski definition) is 5. The van der Waals surface area contributed by atoms with Gasteiger partial charge in [0.2, 0.25) is 0 Å². The normalized spacial score (nSPS) is 18.7. The second-order valence-electron chi connectivity index (χ2n) is 7.87. The SMILES string of the molecule is O=C(Nc1nccs1)c1ccc(C2CCC(C(=O)c3cc(F)ccc3C(F)(F)F)CC2)cn1. The van der Waals surface area contributed by atoms with Crippen LogP contribution in [-0.4, -0.2) is 21.7 Å². The van der Waals surface area contributed by atoms with Gasteiger partial charge in [-0.25, -0.2) is 9.37 Å². The number of nitrogens with one attached hydrogen (secondary N) is 1. The smallest absolute Gasteiger partial charge is 0.296 e. The molecule has 0 atom stereocenters. The molecule has 1 N–H and O–H groups in total. The summed E-state index contributed by atoms with van der Waals surface area (Å²) in [5.74, 6) is -2.44. The van der Waals surface area contributed by atoms with Gasteiger partial charge in [-0.05, 0) is 61.4 Å². The topological polar surface area (TPSA) is 72.0 Å². The molecule has 1 aliphatic carbocycles. The molecule has 33 heavy (non-hydrogen) atoms. The molecule has 5 nitrogen and oxygen atoms in total. The highest BCUT2D eigenvalue weighted by Crippen LogP contribution is 2.39. The number of rotatable bonds is 5. The Morgan fingerprint density at radius 1 is 1.03 bits per heavy atom. The van der Waals surface area contributed by atoms with Crippen LogP contribution in [0.15, 0.2) is 48.1 Å². The number of nitrogens with zero attached hydrogens (tertiary/aromatic N) is 2. The van der Waals surface area contributed by atoms with Crippen LogP contribution >= 0.6 is 11.3 Å². The number of ketones is 1. The summed E-state index contributed by atoms with van der Waals surface area (Å²) < 4.78 is 53.4. The molecule has 2 heterocycles. The third kappa shape index (κ3) is 5.27. The van der Waals surface area contributed by atoms with E-state index in [0.717, 1.165) is 5.56 Å². The lowest BCUT2D eigenvalue weighted by atomic mass is 9.76. The van der Waals surface area contributed by atoms with Crippen LogP contribution in [0, 0.1) is 11.7 Å². The molecule has 2 aromatic heterocycles. The van der Waals surface area contributed by atoms with Crippen LogP contribution in [0.1, 0.15) is 63.6 Å². The van der Waals surface area contributed by atoms with E-state index in [1.54, 1.807) is 29.9 Å². The fourth-order valence-corrected chi connectivity index (χ4v) is 4.63. The molecule has 3 aromatic rings. The third-order valence-corrected chi connectivity index (χ3v) is 6.48. The molecule has 1 saturated carbocycles. The summed E-state index contributed by atoms with van der Waals surface area (Å²) >= 11 is 1.29. The number of alkyl halides is 3. The van der Waals surface area contributed by atoms with Gasteiger partial charge >= 0.3 is 6.18 Å². The standard InChI is InChI=1S/C23H19F4N3O2S/c24-16-6-7-18(23(25,26)27)17(11-16)20(31)14-3-1-13(2-4-14)15-5-8-19(29-12-15)21(32)30-22-28-9-10-33-22/h5-14H,1-4H2,(H,28,30,32). The Bertz CT molecular complexity index is 1140. The van der Waals surface area contributed by atoms with Crippen LogP contribution in [0.5, 0.6) is 0 Å². The van der Waals surface area contributed by atoms with E-state index in [4.69, 9.17) is 0 Å². The van der Waals surface area contributed by atoms with Crippen LogP contribution in [0.3, 0.4) is 0 Å². The molecule has 1 fully saturated rings. The van der Waals surface area contributed by atoms with E-state index in [0.29, 0.717) is 49.0 Å². The first-order valence-corrected chi connectivity index (χ1v) is 11.2. The van der Waals surface area contributed by atoms with Gasteiger partial charge in [0, 0.05) is 29.3 Å². The van der Waals surface area contributed by atoms with Crippen LogP contribution in [0.4, 0.5) is 22.7 Å². The molecule has 1 aromatic carbocycles. The van der Waals surface area contributed by atoms with Crippen molar-refractivity contribution in [3.63, 3.8) is 0 Å². The number of carbonyl (C=O) groups is 2. The number of aromatic nitrogens is 2. The molecule has 1 amide bonds. The molecule has 1 aliphatic rings. The van der Waals surface area contributed by atoms with Crippen molar-refractivity contribution in [3.8, 4) is 0 Å². The molecule has 10 heteroatoms. The zero-order valence-electron chi connectivity index (χ0n) is 17.2. The van der Waals surface area contributed by atoms with Crippen molar-refractivity contribution in [1.29, 1.82) is 0 Å². The Kier molecular flexibility index (Phi) is 6.55. The van der Waals surface area contributed by atoms with Crippen molar-refractivity contribution in [2.24, 2.45) is 5.92 Å². The molecule has 0 radical (unpaired) electrons. The Balaban J connectivity index is 1.40. The number of Topliss-reactive ketones (excluding diaryl/α,β-unsaturated/α-hetero) is 1. The van der Waals surface area contributed by atoms with Crippen LogP contribution in [0.25, 0.3) is 0 Å². The van der Waals surface area contributed by atoms with Crippen LogP contribution in [-0.2, 0) is 6.18 Å². The molecular weight excluding hydrogens is 458 g/mol. The number of anilines is 1. The van der Waals surface area contributed by atoms with Gasteiger partial charge in [-0.1, -0.05) is 6.07 Å². The molecule has 4 rings (SSSR count). The molecule has 0 spiro atoms. The minimum atomic E-state index is -4.73.